The molecule has 1 aliphatic rings. The molecule has 1 aliphatic heterocycles. The lowest BCUT2D eigenvalue weighted by Crippen LogP contribution is -2.33. The Bertz CT molecular complexity index is 853. The van der Waals surface area contributed by atoms with E-state index in [0.717, 1.165) is 43.4 Å². The number of fused-ring (bicyclic) bond motifs is 2. The van der Waals surface area contributed by atoms with Crippen molar-refractivity contribution in [2.24, 2.45) is 0 Å². The Morgan fingerprint density at radius 3 is 2.61 bits per heavy atom. The molecule has 0 unspecified atom stereocenters. The first-order valence-corrected chi connectivity index (χ1v) is 8.08. The van der Waals surface area contributed by atoms with Gasteiger partial charge in [0.25, 0.3) is 0 Å². The van der Waals surface area contributed by atoms with Crippen molar-refractivity contribution in [3.8, 4) is 5.88 Å². The summed E-state index contributed by atoms with van der Waals surface area (Å²) in [6.45, 7) is 3.74. The van der Waals surface area contributed by atoms with Crippen LogP contribution in [0, 0.1) is 0 Å². The monoisotopic (exact) mass is 307 g/mol. The molecule has 118 valence electrons. The molecule has 4 rings (SSSR count). The second-order valence-corrected chi connectivity index (χ2v) is 6.25. The van der Waals surface area contributed by atoms with Crippen LogP contribution < -0.4 is 5.73 Å². The second-order valence-electron chi connectivity index (χ2n) is 6.25. The van der Waals surface area contributed by atoms with Crippen molar-refractivity contribution >= 4 is 16.5 Å². The average Bonchev–Trinajstić information content (AvgIpc) is 2.91. The van der Waals surface area contributed by atoms with Gasteiger partial charge < -0.3 is 15.4 Å². The van der Waals surface area contributed by atoms with Crippen molar-refractivity contribution in [1.29, 1.82) is 0 Å². The molecule has 0 spiro atoms. The molecule has 0 amide bonds. The minimum atomic E-state index is 0.310. The van der Waals surface area contributed by atoms with E-state index in [1.165, 1.54) is 11.1 Å². The van der Waals surface area contributed by atoms with Gasteiger partial charge in [0.1, 0.15) is 0 Å². The number of aromatic hydroxyl groups is 1. The smallest absolute Gasteiger partial charge is 0.199 e. The molecule has 0 aliphatic carbocycles. The Kier molecular flexibility index (Phi) is 3.46. The van der Waals surface area contributed by atoms with Crippen LogP contribution in [0.25, 0.3) is 10.8 Å². The van der Waals surface area contributed by atoms with E-state index in [-0.39, 0.29) is 0 Å². The lowest BCUT2D eigenvalue weighted by atomic mass is 10.00. The predicted octanol–water partition coefficient (Wildman–Crippen LogP) is 2.99. The van der Waals surface area contributed by atoms with Crippen molar-refractivity contribution in [3.05, 3.63) is 59.8 Å². The van der Waals surface area contributed by atoms with Gasteiger partial charge in [0.05, 0.1) is 0 Å². The number of hydrogen-bond acceptors (Lipinski definition) is 3. The Morgan fingerprint density at radius 1 is 0.957 bits per heavy atom. The predicted molar refractivity (Wildman–Crippen MR) is 93.4 cm³/mol. The topological polar surface area (TPSA) is 54.4 Å². The maximum atomic E-state index is 10.4. The molecule has 0 atom stereocenters. The second kappa shape index (κ2) is 5.63. The first kappa shape index (κ1) is 14.2. The minimum absolute atomic E-state index is 0.310. The van der Waals surface area contributed by atoms with Crippen molar-refractivity contribution < 1.29 is 5.11 Å². The molecule has 0 bridgehead atoms. The standard InChI is InChI=1S/C19H21N3O/c20-18-7-3-6-16-17(18)13-22(19(16)23)11-10-21-9-8-14-4-1-2-5-15(14)12-21/h1-7,13,23H,8-12,20H2. The molecule has 0 saturated heterocycles. The Labute approximate surface area is 135 Å². The van der Waals surface area contributed by atoms with E-state index in [1.54, 1.807) is 0 Å². The fraction of sp³-hybridized carbons (Fsp3) is 0.263. The van der Waals surface area contributed by atoms with Gasteiger partial charge in [-0.1, -0.05) is 30.3 Å². The molecule has 0 saturated carbocycles. The van der Waals surface area contributed by atoms with E-state index < -0.39 is 0 Å². The fourth-order valence-electron chi connectivity index (χ4n) is 3.46. The van der Waals surface area contributed by atoms with Crippen LogP contribution in [0.2, 0.25) is 0 Å². The third kappa shape index (κ3) is 2.55. The van der Waals surface area contributed by atoms with Crippen molar-refractivity contribution in [1.82, 2.24) is 9.47 Å². The van der Waals surface area contributed by atoms with E-state index in [0.29, 0.717) is 11.6 Å². The van der Waals surface area contributed by atoms with Gasteiger partial charge in [0.2, 0.25) is 0 Å². The van der Waals surface area contributed by atoms with Crippen molar-refractivity contribution in [2.75, 3.05) is 18.8 Å². The van der Waals surface area contributed by atoms with Gasteiger partial charge in [-0.15, -0.1) is 0 Å². The Balaban J connectivity index is 1.50. The number of nitrogens with zero attached hydrogens (tertiary/aromatic N) is 2. The van der Waals surface area contributed by atoms with E-state index in [9.17, 15) is 5.11 Å². The van der Waals surface area contributed by atoms with Gasteiger partial charge in [-0.3, -0.25) is 4.90 Å². The van der Waals surface area contributed by atoms with Crippen LogP contribution in [0.3, 0.4) is 0 Å². The number of anilines is 1. The van der Waals surface area contributed by atoms with E-state index in [4.69, 9.17) is 5.73 Å². The number of hydrogen-bond donors (Lipinski definition) is 2. The van der Waals surface area contributed by atoms with Gasteiger partial charge in [-0.25, -0.2) is 0 Å². The summed E-state index contributed by atoms with van der Waals surface area (Å²) in [7, 11) is 0. The maximum absolute atomic E-state index is 10.4. The van der Waals surface area contributed by atoms with Crippen LogP contribution >= 0.6 is 0 Å². The van der Waals surface area contributed by atoms with Crippen molar-refractivity contribution in [3.63, 3.8) is 0 Å². The van der Waals surface area contributed by atoms with Crippen LogP contribution in [0.1, 0.15) is 11.1 Å². The largest absolute Gasteiger partial charge is 0.494 e. The molecule has 4 nitrogen and oxygen atoms in total. The molecule has 2 heterocycles. The molecule has 2 aromatic carbocycles. The zero-order valence-corrected chi connectivity index (χ0v) is 13.1. The van der Waals surface area contributed by atoms with Crippen LogP contribution in [0.4, 0.5) is 5.69 Å². The summed E-state index contributed by atoms with van der Waals surface area (Å²) in [6.07, 6.45) is 3.06. The molecular formula is C19H21N3O. The molecule has 4 heteroatoms. The highest BCUT2D eigenvalue weighted by atomic mass is 16.3. The fourth-order valence-corrected chi connectivity index (χ4v) is 3.46. The zero-order valence-electron chi connectivity index (χ0n) is 13.1. The average molecular weight is 307 g/mol. The lowest BCUT2D eigenvalue weighted by Gasteiger charge is -2.28. The van der Waals surface area contributed by atoms with Crippen LogP contribution in [0.5, 0.6) is 5.88 Å². The van der Waals surface area contributed by atoms with Crippen LogP contribution in [-0.2, 0) is 19.5 Å². The molecule has 23 heavy (non-hydrogen) atoms. The first-order chi connectivity index (χ1) is 11.2. The maximum Gasteiger partial charge on any atom is 0.199 e. The number of benzene rings is 2. The number of nitrogen functional groups attached to an aromatic ring is 1. The molecule has 3 aromatic rings. The molecule has 0 fully saturated rings. The molecule has 0 radical (unpaired) electrons. The normalized spacial score (nSPS) is 15.0. The summed E-state index contributed by atoms with van der Waals surface area (Å²) >= 11 is 0. The summed E-state index contributed by atoms with van der Waals surface area (Å²) in [4.78, 5) is 2.44. The number of rotatable bonds is 3. The highest BCUT2D eigenvalue weighted by Gasteiger charge is 2.16. The summed E-state index contributed by atoms with van der Waals surface area (Å²) in [5.41, 5.74) is 9.59. The number of nitrogens with two attached hydrogens (primary N) is 1. The molecule has 3 N–H and O–H groups in total. The van der Waals surface area contributed by atoms with Crippen molar-refractivity contribution in [2.45, 2.75) is 19.5 Å². The highest BCUT2D eigenvalue weighted by molar-refractivity contribution is 5.96. The van der Waals surface area contributed by atoms with Crippen LogP contribution in [0.15, 0.2) is 48.7 Å². The Hall–Kier alpha value is -2.46. The summed E-state index contributed by atoms with van der Waals surface area (Å²) in [6, 6.07) is 14.3. The minimum Gasteiger partial charge on any atom is -0.494 e. The zero-order chi connectivity index (χ0) is 15.8. The first-order valence-electron chi connectivity index (χ1n) is 8.08. The van der Waals surface area contributed by atoms with Gasteiger partial charge in [0, 0.05) is 48.8 Å². The van der Waals surface area contributed by atoms with E-state index in [2.05, 4.69) is 29.2 Å². The van der Waals surface area contributed by atoms with Gasteiger partial charge in [-0.05, 0) is 29.7 Å². The lowest BCUT2D eigenvalue weighted by molar-refractivity contribution is 0.240. The molecule has 1 aromatic heterocycles. The van der Waals surface area contributed by atoms with Gasteiger partial charge >= 0.3 is 0 Å². The third-order valence-corrected chi connectivity index (χ3v) is 4.80. The SMILES string of the molecule is Nc1cccc2c(O)n(CCN3CCc4ccccc4C3)cc12. The van der Waals surface area contributed by atoms with Crippen LogP contribution in [-0.4, -0.2) is 27.7 Å². The third-order valence-electron chi connectivity index (χ3n) is 4.80. The Morgan fingerprint density at radius 2 is 1.78 bits per heavy atom. The van der Waals surface area contributed by atoms with Gasteiger partial charge in [-0.2, -0.15) is 0 Å². The summed E-state index contributed by atoms with van der Waals surface area (Å²) in [5.74, 6) is 0.310. The number of aromatic nitrogens is 1. The van der Waals surface area contributed by atoms with E-state index >= 15 is 0 Å². The van der Waals surface area contributed by atoms with E-state index in [1.807, 2.05) is 29.0 Å². The highest BCUT2D eigenvalue weighted by Crippen LogP contribution is 2.30. The quantitative estimate of drug-likeness (QED) is 0.731. The van der Waals surface area contributed by atoms with Gasteiger partial charge in [0.15, 0.2) is 5.88 Å². The summed E-state index contributed by atoms with van der Waals surface area (Å²) < 4.78 is 1.90. The summed E-state index contributed by atoms with van der Waals surface area (Å²) in [5, 5.41) is 12.1. The molecular weight excluding hydrogens is 286 g/mol.